The summed E-state index contributed by atoms with van der Waals surface area (Å²) in [5.41, 5.74) is 0.569. The Hall–Kier alpha value is -4.24. The highest BCUT2D eigenvalue weighted by Gasteiger charge is 2.28. The molecule has 0 radical (unpaired) electrons. The van der Waals surface area contributed by atoms with E-state index >= 15 is 0 Å². The summed E-state index contributed by atoms with van der Waals surface area (Å²) in [6, 6.07) is 11.6. The van der Waals surface area contributed by atoms with Gasteiger partial charge >= 0.3 is 11.9 Å². The lowest BCUT2D eigenvalue weighted by molar-refractivity contribution is 0.0695. The number of carboxylic acid groups (broad SMARTS) is 2. The minimum Gasteiger partial charge on any atom is -0.478 e. The van der Waals surface area contributed by atoms with Crippen LogP contribution >= 0.6 is 15.9 Å². The highest BCUT2D eigenvalue weighted by atomic mass is 79.9. The van der Waals surface area contributed by atoms with E-state index < -0.39 is 11.9 Å². The molecule has 0 aliphatic rings. The number of unbranched alkanes of at least 4 members (excludes halogenated alkanes) is 4. The Kier molecular flexibility index (Phi) is 12.6. The maximum Gasteiger partial charge on any atom is 0.336 e. The summed E-state index contributed by atoms with van der Waals surface area (Å²) in [4.78, 5) is 53.6. The largest absolute Gasteiger partial charge is 0.478 e. The Morgan fingerprint density at radius 2 is 0.922 bits per heavy atom. The molecule has 0 saturated heterocycles. The zero-order valence-electron chi connectivity index (χ0n) is 30.1. The van der Waals surface area contributed by atoms with Crippen molar-refractivity contribution in [3.8, 4) is 0 Å². The summed E-state index contributed by atoms with van der Waals surface area (Å²) in [6.07, 6.45) is 11.5. The van der Waals surface area contributed by atoms with Gasteiger partial charge in [0.2, 0.25) is 0 Å². The Morgan fingerprint density at radius 3 is 1.37 bits per heavy atom. The van der Waals surface area contributed by atoms with E-state index in [1.54, 1.807) is 24.3 Å². The number of rotatable bonds is 18. The average molecular weight is 758 g/mol. The normalized spacial score (nSPS) is 11.8. The molecular formula is C42H49BrN2O6. The third-order valence-electron chi connectivity index (χ3n) is 10.2. The van der Waals surface area contributed by atoms with Crippen LogP contribution in [-0.4, -0.2) is 46.0 Å². The fourth-order valence-corrected chi connectivity index (χ4v) is 8.22. The predicted octanol–water partition coefficient (Wildman–Crippen LogP) is 10.9. The first kappa shape index (κ1) is 38.0. The van der Waals surface area contributed by atoms with E-state index in [0.29, 0.717) is 53.3 Å². The lowest BCUT2D eigenvalue weighted by Gasteiger charge is -2.24. The Labute approximate surface area is 307 Å². The van der Waals surface area contributed by atoms with Gasteiger partial charge in [-0.15, -0.1) is 0 Å². The molecule has 8 nitrogen and oxygen atoms in total. The lowest BCUT2D eigenvalue weighted by atomic mass is 9.84. The lowest BCUT2D eigenvalue weighted by Crippen LogP contribution is -2.36. The minimum absolute atomic E-state index is 0.00181. The topological polar surface area (TPSA) is 133 Å². The van der Waals surface area contributed by atoms with Crippen LogP contribution in [0, 0.1) is 0 Å². The second-order valence-electron chi connectivity index (χ2n) is 13.8. The second-order valence-corrected chi connectivity index (χ2v) is 14.6. The molecule has 0 fully saturated rings. The Balaban J connectivity index is 1.84. The van der Waals surface area contributed by atoms with E-state index in [2.05, 4.69) is 54.3 Å². The van der Waals surface area contributed by atoms with Gasteiger partial charge < -0.3 is 20.8 Å². The molecule has 5 rings (SSSR count). The first-order valence-corrected chi connectivity index (χ1v) is 19.3. The van der Waals surface area contributed by atoms with E-state index in [1.165, 1.54) is 12.1 Å². The van der Waals surface area contributed by atoms with Crippen molar-refractivity contribution in [1.82, 2.24) is 10.6 Å². The molecule has 2 amide bonds. The van der Waals surface area contributed by atoms with E-state index in [1.807, 2.05) is 6.07 Å². The molecule has 0 aliphatic heterocycles. The van der Waals surface area contributed by atoms with Crippen molar-refractivity contribution < 1.29 is 29.4 Å². The van der Waals surface area contributed by atoms with Crippen molar-refractivity contribution in [3.05, 3.63) is 69.2 Å². The number of carbonyl (C=O) groups is 4. The van der Waals surface area contributed by atoms with Gasteiger partial charge in [0.1, 0.15) is 0 Å². The maximum atomic E-state index is 14.4. The van der Waals surface area contributed by atoms with E-state index in [-0.39, 0.29) is 40.4 Å². The van der Waals surface area contributed by atoms with Crippen LogP contribution in [0.3, 0.4) is 0 Å². The monoisotopic (exact) mass is 756 g/mol. The first-order valence-electron chi connectivity index (χ1n) is 18.6. The van der Waals surface area contributed by atoms with Gasteiger partial charge in [-0.3, -0.25) is 9.59 Å². The van der Waals surface area contributed by atoms with Crippen molar-refractivity contribution in [3.63, 3.8) is 0 Å². The molecule has 0 atom stereocenters. The van der Waals surface area contributed by atoms with Gasteiger partial charge in [0, 0.05) is 49.2 Å². The highest BCUT2D eigenvalue weighted by molar-refractivity contribution is 9.10. The molecule has 0 saturated carbocycles. The highest BCUT2D eigenvalue weighted by Crippen LogP contribution is 2.46. The van der Waals surface area contributed by atoms with Crippen LogP contribution in [0.5, 0.6) is 0 Å². The van der Waals surface area contributed by atoms with Gasteiger partial charge in [0.05, 0.1) is 11.1 Å². The first-order chi connectivity index (χ1) is 24.6. The number of amides is 2. The van der Waals surface area contributed by atoms with Crippen molar-refractivity contribution in [2.24, 2.45) is 0 Å². The minimum atomic E-state index is -1.23. The number of fused-ring (bicyclic) bond motifs is 2. The van der Waals surface area contributed by atoms with Crippen LogP contribution in [0.2, 0.25) is 0 Å². The van der Waals surface area contributed by atoms with Crippen LogP contribution in [0.25, 0.3) is 43.1 Å². The zero-order chi connectivity index (χ0) is 36.8. The molecule has 5 aromatic carbocycles. The molecule has 270 valence electrons. The fourth-order valence-electron chi connectivity index (χ4n) is 7.58. The molecule has 0 unspecified atom stereocenters. The number of carbonyl (C=O) groups excluding carboxylic acids is 2. The van der Waals surface area contributed by atoms with Crippen LogP contribution < -0.4 is 10.6 Å². The van der Waals surface area contributed by atoms with Gasteiger partial charge in [-0.2, -0.15) is 0 Å². The molecular weight excluding hydrogens is 708 g/mol. The van der Waals surface area contributed by atoms with Crippen molar-refractivity contribution in [2.75, 3.05) is 0 Å². The van der Waals surface area contributed by atoms with Crippen molar-refractivity contribution >= 4 is 82.8 Å². The van der Waals surface area contributed by atoms with Crippen LogP contribution in [-0.2, 0) is 0 Å². The van der Waals surface area contributed by atoms with E-state index in [4.69, 9.17) is 0 Å². The van der Waals surface area contributed by atoms with Gasteiger partial charge in [0.15, 0.2) is 0 Å². The number of aromatic carboxylic acids is 2. The third kappa shape index (κ3) is 7.69. The summed E-state index contributed by atoms with van der Waals surface area (Å²) in [5, 5.41) is 31.4. The molecule has 4 N–H and O–H groups in total. The van der Waals surface area contributed by atoms with E-state index in [0.717, 1.165) is 77.0 Å². The van der Waals surface area contributed by atoms with Gasteiger partial charge in [-0.05, 0) is 71.5 Å². The summed E-state index contributed by atoms with van der Waals surface area (Å²) in [7, 11) is 0. The molecule has 0 heterocycles. The fraction of sp³-hybridized carbons (Fsp3) is 0.429. The second kappa shape index (κ2) is 16.9. The predicted molar refractivity (Wildman–Crippen MR) is 210 cm³/mol. The summed E-state index contributed by atoms with van der Waals surface area (Å²) < 4.78 is 0.595. The van der Waals surface area contributed by atoms with Crippen LogP contribution in [0.1, 0.15) is 146 Å². The van der Waals surface area contributed by atoms with Crippen molar-refractivity contribution in [2.45, 2.75) is 117 Å². The van der Waals surface area contributed by atoms with Gasteiger partial charge in [0.25, 0.3) is 11.8 Å². The quantitative estimate of drug-likeness (QED) is 0.0520. The maximum absolute atomic E-state index is 14.4. The average Bonchev–Trinajstić information content (AvgIpc) is 3.11. The van der Waals surface area contributed by atoms with Crippen LogP contribution in [0.15, 0.2) is 46.9 Å². The molecule has 0 aliphatic carbocycles. The summed E-state index contributed by atoms with van der Waals surface area (Å²) >= 11 is 3.77. The molecule has 0 aromatic heterocycles. The van der Waals surface area contributed by atoms with Gasteiger partial charge in [-0.1, -0.05) is 113 Å². The van der Waals surface area contributed by atoms with Gasteiger partial charge in [-0.25, -0.2) is 9.59 Å². The number of hydrogen-bond donors (Lipinski definition) is 4. The van der Waals surface area contributed by atoms with Crippen LogP contribution in [0.4, 0.5) is 0 Å². The zero-order valence-corrected chi connectivity index (χ0v) is 31.7. The third-order valence-corrected chi connectivity index (χ3v) is 10.8. The SMILES string of the molecule is CCCCC(CCCC)NC(=O)c1ccc2c3ccc(C(=O)O)c4c(C(=O)O)ccc(c5c(Br)cc(C(=O)NC(CCCC)CCCC)c1c25)c43. The van der Waals surface area contributed by atoms with E-state index in [9.17, 15) is 29.4 Å². The standard InChI is InChI=1S/C42H49BrN2O6/c1-5-9-13-24(14-10-6-2)44-39(46)29-20-17-27-26-18-21-30(41(48)49)36-31(42(50)51)22-19-28(34(26)36)37-33(43)23-32(35(29)38(27)37)40(47)45-25(15-11-7-3)16-12-8-4/h17-25H,5-16H2,1-4H3,(H,44,46)(H,45,47)(H,48,49)(H,50,51). The molecule has 51 heavy (non-hydrogen) atoms. The van der Waals surface area contributed by atoms with Crippen molar-refractivity contribution in [1.29, 1.82) is 0 Å². The molecule has 9 heteroatoms. The molecule has 5 aromatic rings. The molecule has 0 bridgehead atoms. The number of hydrogen-bond acceptors (Lipinski definition) is 4. The Morgan fingerprint density at radius 1 is 0.529 bits per heavy atom. The smallest absolute Gasteiger partial charge is 0.336 e. The summed E-state index contributed by atoms with van der Waals surface area (Å²) in [6.45, 7) is 8.55. The molecule has 0 spiro atoms. The number of halogens is 1. The number of carboxylic acids is 2. The Bertz CT molecular complexity index is 2050. The number of benzene rings is 5. The summed E-state index contributed by atoms with van der Waals surface area (Å²) in [5.74, 6) is -2.95. The number of nitrogens with one attached hydrogen (secondary N) is 2.